The summed E-state index contributed by atoms with van der Waals surface area (Å²) in [6, 6.07) is 8.28. The van der Waals surface area contributed by atoms with E-state index in [0.717, 1.165) is 24.3 Å². The van der Waals surface area contributed by atoms with Crippen LogP contribution in [0.3, 0.4) is 0 Å². The zero-order chi connectivity index (χ0) is 11.8. The first-order valence-corrected chi connectivity index (χ1v) is 5.42. The van der Waals surface area contributed by atoms with Crippen LogP contribution in [0.25, 0.3) is 0 Å². The molecule has 1 aromatic carbocycles. The van der Waals surface area contributed by atoms with Gasteiger partial charge in [0.2, 0.25) is 0 Å². The van der Waals surface area contributed by atoms with Crippen molar-refractivity contribution in [3.8, 4) is 5.75 Å². The Morgan fingerprint density at radius 1 is 1.19 bits per heavy atom. The van der Waals surface area contributed by atoms with Gasteiger partial charge in [0, 0.05) is 11.7 Å². The van der Waals surface area contributed by atoms with Gasteiger partial charge in [0.05, 0.1) is 7.11 Å². The summed E-state index contributed by atoms with van der Waals surface area (Å²) in [6.07, 6.45) is 5.70. The van der Waals surface area contributed by atoms with E-state index in [2.05, 4.69) is 18.5 Å². The second kappa shape index (κ2) is 6.72. The third-order valence-electron chi connectivity index (χ3n) is 2.36. The van der Waals surface area contributed by atoms with E-state index in [4.69, 9.17) is 4.74 Å². The van der Waals surface area contributed by atoms with Crippen molar-refractivity contribution in [2.45, 2.75) is 18.9 Å². The molecule has 0 aromatic heterocycles. The highest BCUT2D eigenvalue weighted by Crippen LogP contribution is 2.17. The summed E-state index contributed by atoms with van der Waals surface area (Å²) in [5.41, 5.74) is 1.09. The van der Waals surface area contributed by atoms with Crippen LogP contribution in [0.15, 0.2) is 49.6 Å². The van der Waals surface area contributed by atoms with E-state index in [-0.39, 0.29) is 0 Å². The Hall–Kier alpha value is -1.70. The van der Waals surface area contributed by atoms with Gasteiger partial charge in [0.1, 0.15) is 5.75 Å². The molecule has 86 valence electrons. The van der Waals surface area contributed by atoms with Crippen molar-refractivity contribution in [3.63, 3.8) is 0 Å². The van der Waals surface area contributed by atoms with E-state index >= 15 is 0 Å². The Kier molecular flexibility index (Phi) is 5.20. The number of hydrogen-bond acceptors (Lipinski definition) is 2. The molecule has 0 radical (unpaired) electrons. The highest BCUT2D eigenvalue weighted by molar-refractivity contribution is 5.47. The number of methoxy groups -OCH3 is 1. The monoisotopic (exact) mass is 217 g/mol. The molecular formula is C14H19NO. The summed E-state index contributed by atoms with van der Waals surface area (Å²) in [6.45, 7) is 7.51. The molecule has 0 amide bonds. The molecule has 0 aliphatic carbocycles. The molecule has 2 heteroatoms. The molecule has 0 heterocycles. The predicted molar refractivity (Wildman–Crippen MR) is 70.0 cm³/mol. The minimum absolute atomic E-state index is 0.364. The fourth-order valence-electron chi connectivity index (χ4n) is 1.54. The number of hydrogen-bond donors (Lipinski definition) is 1. The van der Waals surface area contributed by atoms with Crippen molar-refractivity contribution in [2.24, 2.45) is 0 Å². The van der Waals surface area contributed by atoms with Gasteiger partial charge in [-0.25, -0.2) is 0 Å². The van der Waals surface area contributed by atoms with Crippen LogP contribution in [-0.2, 0) is 0 Å². The summed E-state index contributed by atoms with van der Waals surface area (Å²) in [5, 5.41) is 3.43. The highest BCUT2D eigenvalue weighted by atomic mass is 16.5. The van der Waals surface area contributed by atoms with E-state index in [0.29, 0.717) is 6.04 Å². The lowest BCUT2D eigenvalue weighted by atomic mass is 10.1. The molecule has 2 nitrogen and oxygen atoms in total. The van der Waals surface area contributed by atoms with Crippen LogP contribution in [-0.4, -0.2) is 13.2 Å². The zero-order valence-electron chi connectivity index (χ0n) is 9.78. The smallest absolute Gasteiger partial charge is 0.119 e. The Morgan fingerprint density at radius 3 is 2.19 bits per heavy atom. The third-order valence-corrected chi connectivity index (χ3v) is 2.36. The summed E-state index contributed by atoms with van der Waals surface area (Å²) in [5.74, 6) is 0.870. The summed E-state index contributed by atoms with van der Waals surface area (Å²) in [7, 11) is 1.67. The number of ether oxygens (including phenoxy) is 1. The maximum Gasteiger partial charge on any atom is 0.119 e. The topological polar surface area (TPSA) is 21.3 Å². The average Bonchev–Trinajstić information content (AvgIpc) is 2.31. The Labute approximate surface area is 97.6 Å². The number of nitrogens with one attached hydrogen (secondary N) is 1. The molecule has 1 N–H and O–H groups in total. The van der Waals surface area contributed by atoms with Crippen LogP contribution < -0.4 is 10.1 Å². The molecule has 0 aliphatic rings. The Morgan fingerprint density at radius 2 is 1.75 bits per heavy atom. The standard InChI is InChI=1S/C14H19NO/c1-4-6-12(7-5-2)15-13-8-10-14(16-3)11-9-13/h4-5,8-12,15H,1-2,6-7H2,3H3. The molecule has 0 saturated carbocycles. The van der Waals surface area contributed by atoms with Crippen LogP contribution >= 0.6 is 0 Å². The molecule has 1 aromatic rings. The van der Waals surface area contributed by atoms with E-state index < -0.39 is 0 Å². The maximum atomic E-state index is 5.11. The Balaban J connectivity index is 2.61. The van der Waals surface area contributed by atoms with Gasteiger partial charge >= 0.3 is 0 Å². The largest absolute Gasteiger partial charge is 0.497 e. The lowest BCUT2D eigenvalue weighted by Gasteiger charge is -2.16. The fraction of sp³-hybridized carbons (Fsp3) is 0.286. The fourth-order valence-corrected chi connectivity index (χ4v) is 1.54. The Bertz CT molecular complexity index is 319. The van der Waals surface area contributed by atoms with E-state index in [1.807, 2.05) is 36.4 Å². The van der Waals surface area contributed by atoms with Crippen molar-refractivity contribution in [1.29, 1.82) is 0 Å². The lowest BCUT2D eigenvalue weighted by molar-refractivity contribution is 0.415. The minimum atomic E-state index is 0.364. The van der Waals surface area contributed by atoms with Gasteiger partial charge in [-0.05, 0) is 37.1 Å². The van der Waals surface area contributed by atoms with Gasteiger partial charge in [-0.15, -0.1) is 13.2 Å². The van der Waals surface area contributed by atoms with Gasteiger partial charge in [0.25, 0.3) is 0 Å². The molecule has 0 spiro atoms. The highest BCUT2D eigenvalue weighted by Gasteiger charge is 2.04. The van der Waals surface area contributed by atoms with E-state index in [1.54, 1.807) is 7.11 Å². The maximum absolute atomic E-state index is 5.11. The lowest BCUT2D eigenvalue weighted by Crippen LogP contribution is -2.17. The molecule has 0 fully saturated rings. The van der Waals surface area contributed by atoms with Crippen LogP contribution in [0.5, 0.6) is 5.75 Å². The second-order valence-electron chi connectivity index (χ2n) is 3.62. The second-order valence-corrected chi connectivity index (χ2v) is 3.62. The SMILES string of the molecule is C=CCC(CC=C)Nc1ccc(OC)cc1. The molecule has 0 atom stereocenters. The van der Waals surface area contributed by atoms with Gasteiger partial charge in [-0.1, -0.05) is 12.2 Å². The van der Waals surface area contributed by atoms with Gasteiger partial charge in [-0.3, -0.25) is 0 Å². The molecule has 16 heavy (non-hydrogen) atoms. The number of benzene rings is 1. The average molecular weight is 217 g/mol. The van der Waals surface area contributed by atoms with Crippen molar-refractivity contribution in [1.82, 2.24) is 0 Å². The molecular weight excluding hydrogens is 198 g/mol. The molecule has 0 bridgehead atoms. The summed E-state index contributed by atoms with van der Waals surface area (Å²) >= 11 is 0. The van der Waals surface area contributed by atoms with Crippen molar-refractivity contribution in [2.75, 3.05) is 12.4 Å². The molecule has 0 saturated heterocycles. The van der Waals surface area contributed by atoms with Crippen LogP contribution in [0.2, 0.25) is 0 Å². The van der Waals surface area contributed by atoms with E-state index in [1.165, 1.54) is 0 Å². The number of anilines is 1. The van der Waals surface area contributed by atoms with Gasteiger partial charge in [-0.2, -0.15) is 0 Å². The first-order chi connectivity index (χ1) is 7.80. The van der Waals surface area contributed by atoms with Crippen LogP contribution in [0.4, 0.5) is 5.69 Å². The zero-order valence-corrected chi connectivity index (χ0v) is 9.78. The van der Waals surface area contributed by atoms with E-state index in [9.17, 15) is 0 Å². The predicted octanol–water partition coefficient (Wildman–Crippen LogP) is 3.63. The third kappa shape index (κ3) is 3.81. The van der Waals surface area contributed by atoms with Crippen LogP contribution in [0.1, 0.15) is 12.8 Å². The first-order valence-electron chi connectivity index (χ1n) is 5.42. The quantitative estimate of drug-likeness (QED) is 0.704. The normalized spacial score (nSPS) is 9.88. The van der Waals surface area contributed by atoms with Crippen LogP contribution in [0, 0.1) is 0 Å². The van der Waals surface area contributed by atoms with Crippen molar-refractivity contribution >= 4 is 5.69 Å². The van der Waals surface area contributed by atoms with Gasteiger partial charge in [0.15, 0.2) is 0 Å². The summed E-state index contributed by atoms with van der Waals surface area (Å²) < 4.78 is 5.11. The first kappa shape index (κ1) is 12.4. The molecule has 0 aliphatic heterocycles. The minimum Gasteiger partial charge on any atom is -0.497 e. The van der Waals surface area contributed by atoms with Gasteiger partial charge < -0.3 is 10.1 Å². The number of rotatable bonds is 7. The molecule has 0 unspecified atom stereocenters. The van der Waals surface area contributed by atoms with Crippen molar-refractivity contribution in [3.05, 3.63) is 49.6 Å². The summed E-state index contributed by atoms with van der Waals surface area (Å²) in [4.78, 5) is 0. The molecule has 1 rings (SSSR count). The van der Waals surface area contributed by atoms with Crippen molar-refractivity contribution < 1.29 is 4.74 Å².